The molecule has 0 radical (unpaired) electrons. The minimum absolute atomic E-state index is 0.0689. The molecule has 0 saturated carbocycles. The fraction of sp³-hybridized carbons (Fsp3) is 0.611. The van der Waals surface area contributed by atoms with Crippen molar-refractivity contribution in [1.82, 2.24) is 0 Å². The summed E-state index contributed by atoms with van der Waals surface area (Å²) in [7, 11) is 0. The molecule has 2 aliphatic heterocycles. The SMILES string of the molecule is CC(=O)OC[C@@H]1O[C@@]2(COCc3ccccc3)OC(C)(C)O[C@H]2[C@@H]1O. The largest absolute Gasteiger partial charge is 0.463 e. The van der Waals surface area contributed by atoms with Crippen molar-refractivity contribution in [3.8, 4) is 0 Å². The van der Waals surface area contributed by atoms with Crippen LogP contribution in [0.3, 0.4) is 0 Å². The first-order chi connectivity index (χ1) is 11.8. The molecule has 2 aliphatic rings. The van der Waals surface area contributed by atoms with Crippen molar-refractivity contribution in [2.24, 2.45) is 0 Å². The van der Waals surface area contributed by atoms with Crippen molar-refractivity contribution >= 4 is 5.97 Å². The van der Waals surface area contributed by atoms with Crippen LogP contribution in [0, 0.1) is 0 Å². The number of carbonyl (C=O) groups is 1. The molecule has 1 N–H and O–H groups in total. The number of rotatable bonds is 6. The predicted molar refractivity (Wildman–Crippen MR) is 86.4 cm³/mol. The van der Waals surface area contributed by atoms with Gasteiger partial charge in [0.1, 0.15) is 31.5 Å². The molecule has 2 fully saturated rings. The maximum atomic E-state index is 11.0. The van der Waals surface area contributed by atoms with Crippen molar-refractivity contribution in [2.75, 3.05) is 13.2 Å². The summed E-state index contributed by atoms with van der Waals surface area (Å²) in [5.41, 5.74) is 1.02. The summed E-state index contributed by atoms with van der Waals surface area (Å²) in [6.07, 6.45) is -2.44. The Labute approximate surface area is 146 Å². The molecule has 7 nitrogen and oxygen atoms in total. The van der Waals surface area contributed by atoms with Gasteiger partial charge in [0.2, 0.25) is 5.79 Å². The fourth-order valence-electron chi connectivity index (χ4n) is 3.20. The van der Waals surface area contributed by atoms with E-state index in [1.165, 1.54) is 6.92 Å². The van der Waals surface area contributed by atoms with E-state index in [1.807, 2.05) is 30.3 Å². The van der Waals surface area contributed by atoms with Crippen LogP contribution in [0.25, 0.3) is 0 Å². The predicted octanol–water partition coefficient (Wildman–Crippen LogP) is 1.37. The Morgan fingerprint density at radius 2 is 1.96 bits per heavy atom. The number of esters is 1. The average molecular weight is 352 g/mol. The number of aliphatic hydroxyl groups excluding tert-OH is 1. The van der Waals surface area contributed by atoms with Gasteiger partial charge in [0, 0.05) is 6.92 Å². The Kier molecular flexibility index (Phi) is 5.13. The molecule has 1 aromatic rings. The lowest BCUT2D eigenvalue weighted by Crippen LogP contribution is -2.44. The molecule has 7 heteroatoms. The monoisotopic (exact) mass is 352 g/mol. The van der Waals surface area contributed by atoms with E-state index in [2.05, 4.69) is 0 Å². The van der Waals surface area contributed by atoms with E-state index >= 15 is 0 Å². The number of hydrogen-bond donors (Lipinski definition) is 1. The lowest BCUT2D eigenvalue weighted by Gasteiger charge is -2.28. The third kappa shape index (κ3) is 4.02. The minimum atomic E-state index is -1.23. The quantitative estimate of drug-likeness (QED) is 0.774. The third-order valence-corrected chi connectivity index (χ3v) is 4.17. The molecular weight excluding hydrogens is 328 g/mol. The van der Waals surface area contributed by atoms with Crippen LogP contribution < -0.4 is 0 Å². The topological polar surface area (TPSA) is 83.5 Å². The highest BCUT2D eigenvalue weighted by molar-refractivity contribution is 5.65. The maximum absolute atomic E-state index is 11.0. The Hall–Kier alpha value is -1.51. The zero-order chi connectivity index (χ0) is 18.1. The van der Waals surface area contributed by atoms with Crippen LogP contribution in [-0.2, 0) is 35.1 Å². The zero-order valence-electron chi connectivity index (χ0n) is 14.6. The fourth-order valence-corrected chi connectivity index (χ4v) is 3.20. The Bertz CT molecular complexity index is 603. The highest BCUT2D eigenvalue weighted by Crippen LogP contribution is 2.45. The van der Waals surface area contributed by atoms with Crippen molar-refractivity contribution in [2.45, 2.75) is 57.3 Å². The highest BCUT2D eigenvalue weighted by atomic mass is 16.9. The van der Waals surface area contributed by atoms with Gasteiger partial charge in [-0.15, -0.1) is 0 Å². The summed E-state index contributed by atoms with van der Waals surface area (Å²) in [5.74, 6) is -2.58. The van der Waals surface area contributed by atoms with Gasteiger partial charge in [-0.3, -0.25) is 4.79 Å². The maximum Gasteiger partial charge on any atom is 0.302 e. The van der Waals surface area contributed by atoms with Gasteiger partial charge in [0.15, 0.2) is 5.79 Å². The number of hydrogen-bond acceptors (Lipinski definition) is 7. The standard InChI is InChI=1S/C18H24O7/c1-12(19)22-10-14-15(20)16-18(23-14,25-17(2,3)24-16)11-21-9-13-7-5-4-6-8-13/h4-8,14-16,20H,9-11H2,1-3H3/t14-,15+,16-,18-/m0/s1. The molecule has 138 valence electrons. The van der Waals surface area contributed by atoms with Crippen LogP contribution in [0.4, 0.5) is 0 Å². The van der Waals surface area contributed by atoms with Crippen molar-refractivity contribution < 1.29 is 33.6 Å². The first-order valence-electron chi connectivity index (χ1n) is 8.30. The summed E-state index contributed by atoms with van der Waals surface area (Å²) in [4.78, 5) is 11.0. The number of aliphatic hydroxyl groups is 1. The smallest absolute Gasteiger partial charge is 0.302 e. The van der Waals surface area contributed by atoms with Crippen LogP contribution in [-0.4, -0.2) is 54.2 Å². The van der Waals surface area contributed by atoms with Crippen LogP contribution in [0.1, 0.15) is 26.3 Å². The molecule has 0 unspecified atom stereocenters. The molecule has 0 amide bonds. The second-order valence-corrected chi connectivity index (χ2v) is 6.78. The number of carbonyl (C=O) groups excluding carboxylic acids is 1. The van der Waals surface area contributed by atoms with Gasteiger partial charge in [0.05, 0.1) is 6.61 Å². The van der Waals surface area contributed by atoms with Gasteiger partial charge < -0.3 is 28.8 Å². The van der Waals surface area contributed by atoms with Gasteiger partial charge in [-0.25, -0.2) is 0 Å². The van der Waals surface area contributed by atoms with Gasteiger partial charge in [-0.2, -0.15) is 0 Å². The summed E-state index contributed by atoms with van der Waals surface area (Å²) < 4.78 is 28.4. The van der Waals surface area contributed by atoms with Crippen LogP contribution in [0.2, 0.25) is 0 Å². The van der Waals surface area contributed by atoms with Crippen LogP contribution >= 0.6 is 0 Å². The highest BCUT2D eigenvalue weighted by Gasteiger charge is 2.65. The van der Waals surface area contributed by atoms with E-state index in [0.717, 1.165) is 5.56 Å². The molecule has 2 saturated heterocycles. The molecule has 25 heavy (non-hydrogen) atoms. The first-order valence-corrected chi connectivity index (χ1v) is 8.30. The Morgan fingerprint density at radius 3 is 2.64 bits per heavy atom. The molecule has 3 rings (SSSR count). The summed E-state index contributed by atoms with van der Waals surface area (Å²) >= 11 is 0. The molecule has 2 heterocycles. The van der Waals surface area contributed by atoms with Gasteiger partial charge in [0.25, 0.3) is 0 Å². The number of benzene rings is 1. The van der Waals surface area contributed by atoms with Crippen LogP contribution in [0.5, 0.6) is 0 Å². The van der Waals surface area contributed by atoms with E-state index in [4.69, 9.17) is 23.7 Å². The second-order valence-electron chi connectivity index (χ2n) is 6.78. The van der Waals surface area contributed by atoms with Gasteiger partial charge in [-0.05, 0) is 19.4 Å². The van der Waals surface area contributed by atoms with E-state index in [0.29, 0.717) is 6.61 Å². The lowest BCUT2D eigenvalue weighted by atomic mass is 10.1. The van der Waals surface area contributed by atoms with Crippen LogP contribution in [0.15, 0.2) is 30.3 Å². The van der Waals surface area contributed by atoms with E-state index in [1.54, 1.807) is 13.8 Å². The van der Waals surface area contributed by atoms with Gasteiger partial charge in [-0.1, -0.05) is 30.3 Å². The summed E-state index contributed by atoms with van der Waals surface area (Å²) in [6.45, 7) is 5.21. The Morgan fingerprint density at radius 1 is 1.24 bits per heavy atom. The first kappa shape index (κ1) is 18.3. The molecule has 0 aliphatic carbocycles. The van der Waals surface area contributed by atoms with Crippen molar-refractivity contribution in [1.29, 1.82) is 0 Å². The molecule has 4 atom stereocenters. The van der Waals surface area contributed by atoms with Gasteiger partial charge >= 0.3 is 5.97 Å². The second kappa shape index (κ2) is 7.01. The number of fused-ring (bicyclic) bond motifs is 1. The molecule has 1 aromatic carbocycles. The molecule has 0 aromatic heterocycles. The van der Waals surface area contributed by atoms with E-state index in [9.17, 15) is 9.90 Å². The average Bonchev–Trinajstić information content (AvgIpc) is 2.95. The van der Waals surface area contributed by atoms with E-state index < -0.39 is 35.9 Å². The third-order valence-electron chi connectivity index (χ3n) is 4.17. The normalized spacial score (nSPS) is 33.2. The molecule has 0 spiro atoms. The summed E-state index contributed by atoms with van der Waals surface area (Å²) in [6, 6.07) is 9.72. The Balaban J connectivity index is 1.67. The zero-order valence-corrected chi connectivity index (χ0v) is 14.6. The molecule has 0 bridgehead atoms. The summed E-state index contributed by atoms with van der Waals surface area (Å²) in [5, 5.41) is 10.5. The lowest BCUT2D eigenvalue weighted by molar-refractivity contribution is -0.282. The molecular formula is C18H24O7. The number of ether oxygens (including phenoxy) is 5. The minimum Gasteiger partial charge on any atom is -0.463 e. The van der Waals surface area contributed by atoms with Crippen molar-refractivity contribution in [3.05, 3.63) is 35.9 Å². The van der Waals surface area contributed by atoms with Crippen molar-refractivity contribution in [3.63, 3.8) is 0 Å². The van der Waals surface area contributed by atoms with E-state index in [-0.39, 0.29) is 13.2 Å².